The van der Waals surface area contributed by atoms with Crippen LogP contribution in [0.15, 0.2) is 0 Å². The highest BCUT2D eigenvalue weighted by molar-refractivity contribution is 4.92. The molecule has 3 fully saturated rings. The number of β-amino-alcohol motifs (C(OH)–C–C–N with tert-alkyl or cyclic N) is 1. The van der Waals surface area contributed by atoms with Gasteiger partial charge >= 0.3 is 0 Å². The van der Waals surface area contributed by atoms with Crippen LogP contribution in [-0.4, -0.2) is 60.4 Å². The third kappa shape index (κ3) is 2.40. The summed E-state index contributed by atoms with van der Waals surface area (Å²) >= 11 is 0. The number of hydrogen-bond donors (Lipinski definition) is 3. The van der Waals surface area contributed by atoms with Gasteiger partial charge in [0.1, 0.15) is 0 Å². The maximum Gasteiger partial charge on any atom is 0.0829 e. The molecule has 2 atom stereocenters. The maximum absolute atomic E-state index is 9.73. The van der Waals surface area contributed by atoms with Gasteiger partial charge in [-0.3, -0.25) is 0 Å². The van der Waals surface area contributed by atoms with Crippen molar-refractivity contribution in [3.8, 4) is 0 Å². The van der Waals surface area contributed by atoms with Crippen molar-refractivity contribution >= 4 is 0 Å². The number of likely N-dealkylation sites (tertiary alicyclic amines) is 1. The predicted octanol–water partition coefficient (Wildman–Crippen LogP) is -0.464. The Kier molecular flexibility index (Phi) is 3.16. The number of aliphatic hydroxyl groups is 1. The van der Waals surface area contributed by atoms with E-state index in [4.69, 9.17) is 0 Å². The lowest BCUT2D eigenvalue weighted by atomic mass is 10.0. The van der Waals surface area contributed by atoms with Crippen LogP contribution in [0.5, 0.6) is 0 Å². The molecule has 2 heterocycles. The molecule has 0 amide bonds. The van der Waals surface area contributed by atoms with Gasteiger partial charge in [-0.25, -0.2) is 0 Å². The van der Waals surface area contributed by atoms with E-state index in [1.54, 1.807) is 0 Å². The van der Waals surface area contributed by atoms with Crippen LogP contribution in [0.2, 0.25) is 0 Å². The molecule has 0 bridgehead atoms. The lowest BCUT2D eigenvalue weighted by Crippen LogP contribution is -2.50. The molecule has 4 nitrogen and oxygen atoms in total. The van der Waals surface area contributed by atoms with Crippen LogP contribution < -0.4 is 10.6 Å². The summed E-state index contributed by atoms with van der Waals surface area (Å²) in [7, 11) is 0. The zero-order valence-electron chi connectivity index (χ0n) is 9.86. The summed E-state index contributed by atoms with van der Waals surface area (Å²) in [6.07, 6.45) is 5.15. The van der Waals surface area contributed by atoms with Gasteiger partial charge in [0.15, 0.2) is 0 Å². The number of rotatable bonds is 3. The quantitative estimate of drug-likeness (QED) is 0.608. The van der Waals surface area contributed by atoms with Gasteiger partial charge in [0, 0.05) is 31.2 Å². The summed E-state index contributed by atoms with van der Waals surface area (Å²) in [5, 5.41) is 16.6. The Morgan fingerprint density at radius 3 is 2.38 bits per heavy atom. The van der Waals surface area contributed by atoms with E-state index in [0.29, 0.717) is 6.04 Å². The highest BCUT2D eigenvalue weighted by atomic mass is 16.3. The fourth-order valence-corrected chi connectivity index (χ4v) is 3.01. The Labute approximate surface area is 97.4 Å². The largest absolute Gasteiger partial charge is 0.390 e. The summed E-state index contributed by atoms with van der Waals surface area (Å²) in [6.45, 7) is 4.17. The fourth-order valence-electron chi connectivity index (χ4n) is 3.01. The molecular weight excluding hydrogens is 202 g/mol. The van der Waals surface area contributed by atoms with Gasteiger partial charge in [-0.2, -0.15) is 0 Å². The van der Waals surface area contributed by atoms with Gasteiger partial charge in [-0.15, -0.1) is 0 Å². The number of aliphatic hydroxyl groups excluding tert-OH is 1. The zero-order chi connectivity index (χ0) is 11.0. The van der Waals surface area contributed by atoms with Crippen molar-refractivity contribution in [2.45, 2.75) is 49.9 Å². The standard InChI is InChI=1S/C12H23N3O/c16-12-8-13-7-11(12)14-9-3-5-15(6-4-9)10-1-2-10/h9-14,16H,1-8H2/t11-,12-/m1/s1. The molecule has 3 N–H and O–H groups in total. The maximum atomic E-state index is 9.73. The number of piperidine rings is 1. The normalized spacial score (nSPS) is 38.1. The Morgan fingerprint density at radius 2 is 1.81 bits per heavy atom. The molecule has 0 radical (unpaired) electrons. The highest BCUT2D eigenvalue weighted by Crippen LogP contribution is 2.29. The van der Waals surface area contributed by atoms with Crippen molar-refractivity contribution in [3.63, 3.8) is 0 Å². The van der Waals surface area contributed by atoms with Crippen molar-refractivity contribution in [2.24, 2.45) is 0 Å². The van der Waals surface area contributed by atoms with Crippen molar-refractivity contribution in [3.05, 3.63) is 0 Å². The average Bonchev–Trinajstić information content (AvgIpc) is 3.07. The van der Waals surface area contributed by atoms with E-state index in [9.17, 15) is 5.11 Å². The van der Waals surface area contributed by atoms with E-state index < -0.39 is 0 Å². The Balaban J connectivity index is 1.43. The van der Waals surface area contributed by atoms with Crippen LogP contribution in [0.4, 0.5) is 0 Å². The molecule has 4 heteroatoms. The smallest absolute Gasteiger partial charge is 0.0829 e. The third-order valence-corrected chi connectivity index (χ3v) is 4.22. The van der Waals surface area contributed by atoms with Crippen LogP contribution in [0.3, 0.4) is 0 Å². The lowest BCUT2D eigenvalue weighted by Gasteiger charge is -2.34. The SMILES string of the molecule is O[C@@H]1CNC[C@H]1NC1CCN(C2CC2)CC1. The molecule has 16 heavy (non-hydrogen) atoms. The molecule has 1 aliphatic carbocycles. The van der Waals surface area contributed by atoms with Crippen molar-refractivity contribution < 1.29 is 5.11 Å². The van der Waals surface area contributed by atoms with Gasteiger partial charge in [-0.05, 0) is 38.8 Å². The van der Waals surface area contributed by atoms with Crippen LogP contribution in [0, 0.1) is 0 Å². The molecular formula is C12H23N3O. The van der Waals surface area contributed by atoms with E-state index >= 15 is 0 Å². The molecule has 0 aromatic rings. The van der Waals surface area contributed by atoms with Crippen molar-refractivity contribution in [2.75, 3.05) is 26.2 Å². The first-order valence-corrected chi connectivity index (χ1v) is 6.72. The van der Waals surface area contributed by atoms with Crippen LogP contribution in [0.25, 0.3) is 0 Å². The minimum absolute atomic E-state index is 0.193. The molecule has 0 unspecified atom stereocenters. The Hall–Kier alpha value is -0.160. The zero-order valence-corrected chi connectivity index (χ0v) is 9.86. The Bertz CT molecular complexity index is 236. The fraction of sp³-hybridized carbons (Fsp3) is 1.00. The molecule has 2 aliphatic heterocycles. The number of nitrogens with zero attached hydrogens (tertiary/aromatic N) is 1. The van der Waals surface area contributed by atoms with Crippen molar-refractivity contribution in [1.29, 1.82) is 0 Å². The van der Waals surface area contributed by atoms with E-state index in [1.807, 2.05) is 0 Å². The van der Waals surface area contributed by atoms with Gasteiger partial charge < -0.3 is 20.6 Å². The number of hydrogen-bond acceptors (Lipinski definition) is 4. The molecule has 3 aliphatic rings. The van der Waals surface area contributed by atoms with Crippen LogP contribution >= 0.6 is 0 Å². The number of nitrogens with one attached hydrogen (secondary N) is 2. The van der Waals surface area contributed by atoms with E-state index in [-0.39, 0.29) is 12.1 Å². The predicted molar refractivity (Wildman–Crippen MR) is 63.4 cm³/mol. The van der Waals surface area contributed by atoms with Crippen LogP contribution in [-0.2, 0) is 0 Å². The molecule has 2 saturated heterocycles. The highest BCUT2D eigenvalue weighted by Gasteiger charge is 2.33. The second kappa shape index (κ2) is 4.61. The Morgan fingerprint density at radius 1 is 1.06 bits per heavy atom. The molecule has 0 aromatic heterocycles. The van der Waals surface area contributed by atoms with Gasteiger partial charge in [0.05, 0.1) is 6.10 Å². The van der Waals surface area contributed by atoms with E-state index in [0.717, 1.165) is 19.1 Å². The molecule has 0 aromatic carbocycles. The van der Waals surface area contributed by atoms with E-state index in [2.05, 4.69) is 15.5 Å². The van der Waals surface area contributed by atoms with Gasteiger partial charge in [-0.1, -0.05) is 0 Å². The first-order chi connectivity index (χ1) is 7.83. The molecule has 1 saturated carbocycles. The first-order valence-electron chi connectivity index (χ1n) is 6.72. The minimum atomic E-state index is -0.193. The van der Waals surface area contributed by atoms with Gasteiger partial charge in [0.2, 0.25) is 0 Å². The molecule has 0 spiro atoms. The summed E-state index contributed by atoms with van der Waals surface area (Å²) in [4.78, 5) is 2.64. The van der Waals surface area contributed by atoms with E-state index in [1.165, 1.54) is 38.8 Å². The second-order valence-electron chi connectivity index (χ2n) is 5.54. The van der Waals surface area contributed by atoms with Crippen LogP contribution in [0.1, 0.15) is 25.7 Å². The monoisotopic (exact) mass is 225 g/mol. The summed E-state index contributed by atoms with van der Waals surface area (Å²) in [6, 6.07) is 1.81. The average molecular weight is 225 g/mol. The molecule has 3 rings (SSSR count). The topological polar surface area (TPSA) is 47.5 Å². The first kappa shape index (κ1) is 11.0. The summed E-state index contributed by atoms with van der Waals surface area (Å²) in [5.41, 5.74) is 0. The lowest BCUT2D eigenvalue weighted by molar-refractivity contribution is 0.135. The minimum Gasteiger partial charge on any atom is -0.390 e. The molecule has 92 valence electrons. The van der Waals surface area contributed by atoms with Crippen molar-refractivity contribution in [1.82, 2.24) is 15.5 Å². The van der Waals surface area contributed by atoms with Gasteiger partial charge in [0.25, 0.3) is 0 Å². The second-order valence-corrected chi connectivity index (χ2v) is 5.54. The summed E-state index contributed by atoms with van der Waals surface area (Å²) in [5.74, 6) is 0. The summed E-state index contributed by atoms with van der Waals surface area (Å²) < 4.78 is 0. The third-order valence-electron chi connectivity index (χ3n) is 4.22.